The minimum absolute atomic E-state index is 0.0594. The van der Waals surface area contributed by atoms with Gasteiger partial charge in [0, 0.05) is 6.54 Å². The first-order chi connectivity index (χ1) is 6.22. The molecule has 0 aliphatic carbocycles. The van der Waals surface area contributed by atoms with E-state index < -0.39 is 0 Å². The maximum atomic E-state index is 11.2. The molecule has 3 N–H and O–H groups in total. The van der Waals surface area contributed by atoms with Crippen LogP contribution >= 0.6 is 11.8 Å². The first-order valence-corrected chi connectivity index (χ1v) is 5.75. The van der Waals surface area contributed by atoms with Gasteiger partial charge in [0.1, 0.15) is 0 Å². The van der Waals surface area contributed by atoms with Crippen molar-refractivity contribution in [2.24, 2.45) is 5.73 Å². The molecule has 13 heavy (non-hydrogen) atoms. The van der Waals surface area contributed by atoms with Gasteiger partial charge in [0.15, 0.2) is 0 Å². The van der Waals surface area contributed by atoms with Crippen molar-refractivity contribution in [1.82, 2.24) is 5.32 Å². The zero-order valence-electron chi connectivity index (χ0n) is 8.08. The zero-order chi connectivity index (χ0) is 10.1. The van der Waals surface area contributed by atoms with Gasteiger partial charge in [0.05, 0.1) is 6.04 Å². The van der Waals surface area contributed by atoms with E-state index in [1.165, 1.54) is 0 Å². The topological polar surface area (TPSA) is 55.1 Å². The Morgan fingerprint density at radius 3 is 3.00 bits per heavy atom. The fourth-order valence-electron chi connectivity index (χ4n) is 0.804. The molecule has 0 bridgehead atoms. The van der Waals surface area contributed by atoms with Gasteiger partial charge in [0.25, 0.3) is 0 Å². The van der Waals surface area contributed by atoms with E-state index in [0.29, 0.717) is 6.54 Å². The van der Waals surface area contributed by atoms with E-state index in [4.69, 9.17) is 5.73 Å². The fourth-order valence-corrected chi connectivity index (χ4v) is 1.29. The summed E-state index contributed by atoms with van der Waals surface area (Å²) in [6.45, 7) is 4.20. The molecule has 0 aromatic heterocycles. The van der Waals surface area contributed by atoms with Crippen LogP contribution in [0.15, 0.2) is 12.7 Å². The molecule has 0 aromatic rings. The SMILES string of the molecule is C=CCCNC(=O)[C@@H](N)CCSC. The van der Waals surface area contributed by atoms with Gasteiger partial charge in [-0.15, -0.1) is 6.58 Å². The molecule has 4 heteroatoms. The number of carbonyl (C=O) groups is 1. The number of hydrogen-bond acceptors (Lipinski definition) is 3. The van der Waals surface area contributed by atoms with Gasteiger partial charge in [-0.25, -0.2) is 0 Å². The van der Waals surface area contributed by atoms with Crippen molar-refractivity contribution in [2.45, 2.75) is 18.9 Å². The highest BCUT2D eigenvalue weighted by molar-refractivity contribution is 7.98. The zero-order valence-corrected chi connectivity index (χ0v) is 8.90. The first kappa shape index (κ1) is 12.5. The predicted molar refractivity (Wildman–Crippen MR) is 58.8 cm³/mol. The highest BCUT2D eigenvalue weighted by Gasteiger charge is 2.10. The van der Waals surface area contributed by atoms with Crippen LogP contribution in [0.25, 0.3) is 0 Å². The molecule has 0 heterocycles. The van der Waals surface area contributed by atoms with Crippen molar-refractivity contribution in [1.29, 1.82) is 0 Å². The summed E-state index contributed by atoms with van der Waals surface area (Å²) in [6, 6.07) is -0.364. The van der Waals surface area contributed by atoms with Gasteiger partial charge < -0.3 is 11.1 Å². The van der Waals surface area contributed by atoms with E-state index in [1.54, 1.807) is 17.8 Å². The van der Waals surface area contributed by atoms with Crippen molar-refractivity contribution in [3.05, 3.63) is 12.7 Å². The second kappa shape index (κ2) is 8.13. The highest BCUT2D eigenvalue weighted by atomic mass is 32.2. The third-order valence-electron chi connectivity index (χ3n) is 1.62. The summed E-state index contributed by atoms with van der Waals surface area (Å²) in [5.41, 5.74) is 5.63. The van der Waals surface area contributed by atoms with E-state index in [2.05, 4.69) is 11.9 Å². The van der Waals surface area contributed by atoms with E-state index in [1.807, 2.05) is 6.26 Å². The molecule has 0 fully saturated rings. The number of nitrogens with one attached hydrogen (secondary N) is 1. The average Bonchev–Trinajstić information content (AvgIpc) is 2.14. The smallest absolute Gasteiger partial charge is 0.236 e. The number of rotatable bonds is 7. The van der Waals surface area contributed by atoms with Crippen LogP contribution in [0.3, 0.4) is 0 Å². The number of thioether (sulfide) groups is 1. The largest absolute Gasteiger partial charge is 0.354 e. The Bertz CT molecular complexity index is 162. The summed E-state index contributed by atoms with van der Waals surface area (Å²) in [6.07, 6.45) is 5.30. The van der Waals surface area contributed by atoms with Crippen molar-refractivity contribution in [3.8, 4) is 0 Å². The van der Waals surface area contributed by atoms with Crippen molar-refractivity contribution in [3.63, 3.8) is 0 Å². The normalized spacial score (nSPS) is 12.2. The number of amides is 1. The lowest BCUT2D eigenvalue weighted by molar-refractivity contribution is -0.122. The van der Waals surface area contributed by atoms with Crippen LogP contribution < -0.4 is 11.1 Å². The maximum Gasteiger partial charge on any atom is 0.236 e. The van der Waals surface area contributed by atoms with Gasteiger partial charge in [-0.05, 0) is 24.9 Å². The fraction of sp³-hybridized carbons (Fsp3) is 0.667. The minimum Gasteiger partial charge on any atom is -0.354 e. The van der Waals surface area contributed by atoms with E-state index in [9.17, 15) is 4.79 Å². The number of hydrogen-bond donors (Lipinski definition) is 2. The van der Waals surface area contributed by atoms with Gasteiger partial charge in [-0.3, -0.25) is 4.79 Å². The lowest BCUT2D eigenvalue weighted by Crippen LogP contribution is -2.41. The summed E-state index contributed by atoms with van der Waals surface area (Å²) >= 11 is 1.70. The Morgan fingerprint density at radius 2 is 2.46 bits per heavy atom. The van der Waals surface area contributed by atoms with E-state index in [-0.39, 0.29) is 11.9 Å². The Hall–Kier alpha value is -0.480. The Balaban J connectivity index is 3.50. The summed E-state index contributed by atoms with van der Waals surface area (Å²) in [5, 5.41) is 2.75. The second-order valence-corrected chi connectivity index (χ2v) is 3.74. The molecule has 1 atom stereocenters. The molecular formula is C9H18N2OS. The van der Waals surface area contributed by atoms with E-state index >= 15 is 0 Å². The maximum absolute atomic E-state index is 11.2. The van der Waals surface area contributed by atoms with Crippen LogP contribution in [0.1, 0.15) is 12.8 Å². The number of nitrogens with two attached hydrogens (primary N) is 1. The third-order valence-corrected chi connectivity index (χ3v) is 2.26. The lowest BCUT2D eigenvalue weighted by Gasteiger charge is -2.10. The van der Waals surface area contributed by atoms with Gasteiger partial charge in [-0.1, -0.05) is 6.08 Å². The van der Waals surface area contributed by atoms with Crippen molar-refractivity contribution < 1.29 is 4.79 Å². The molecule has 0 unspecified atom stereocenters. The lowest BCUT2D eigenvalue weighted by atomic mass is 10.2. The summed E-state index contributed by atoms with van der Waals surface area (Å²) in [4.78, 5) is 11.2. The standard InChI is InChI=1S/C9H18N2OS/c1-3-4-6-11-9(12)8(10)5-7-13-2/h3,8H,1,4-7,10H2,2H3,(H,11,12)/t8-/m0/s1. The molecule has 0 radical (unpaired) electrons. The summed E-state index contributed by atoms with van der Waals surface area (Å²) in [7, 11) is 0. The average molecular weight is 202 g/mol. The monoisotopic (exact) mass is 202 g/mol. The van der Waals surface area contributed by atoms with Crippen LogP contribution in [0.4, 0.5) is 0 Å². The second-order valence-electron chi connectivity index (χ2n) is 2.76. The molecule has 76 valence electrons. The van der Waals surface area contributed by atoms with Gasteiger partial charge in [0.2, 0.25) is 5.91 Å². The Labute approximate surface area is 84.1 Å². The molecule has 0 saturated carbocycles. The molecule has 0 rings (SSSR count). The van der Waals surface area contributed by atoms with Gasteiger partial charge in [-0.2, -0.15) is 11.8 Å². The highest BCUT2D eigenvalue weighted by Crippen LogP contribution is 1.98. The third kappa shape index (κ3) is 6.66. The van der Waals surface area contributed by atoms with E-state index in [0.717, 1.165) is 18.6 Å². The minimum atomic E-state index is -0.364. The van der Waals surface area contributed by atoms with Gasteiger partial charge >= 0.3 is 0 Å². The predicted octanol–water partition coefficient (Wildman–Crippen LogP) is 0.759. The molecule has 0 aromatic carbocycles. The molecule has 1 amide bonds. The molecule has 3 nitrogen and oxygen atoms in total. The van der Waals surface area contributed by atoms with Crippen molar-refractivity contribution >= 4 is 17.7 Å². The molecular weight excluding hydrogens is 184 g/mol. The number of carbonyl (C=O) groups excluding carboxylic acids is 1. The molecule has 0 spiro atoms. The van der Waals surface area contributed by atoms with Crippen LogP contribution in [0.5, 0.6) is 0 Å². The first-order valence-electron chi connectivity index (χ1n) is 4.35. The van der Waals surface area contributed by atoms with Crippen LogP contribution in [0, 0.1) is 0 Å². The Kier molecular flexibility index (Phi) is 7.83. The molecule has 0 saturated heterocycles. The molecule has 0 aliphatic heterocycles. The van der Waals surface area contributed by atoms with Crippen LogP contribution in [-0.2, 0) is 4.79 Å². The summed E-state index contributed by atoms with van der Waals surface area (Å²) < 4.78 is 0. The summed E-state index contributed by atoms with van der Waals surface area (Å²) in [5.74, 6) is 0.867. The van der Waals surface area contributed by atoms with Crippen molar-refractivity contribution in [2.75, 3.05) is 18.6 Å². The molecule has 0 aliphatic rings. The van der Waals surface area contributed by atoms with Crippen LogP contribution in [-0.4, -0.2) is 30.5 Å². The quantitative estimate of drug-likeness (QED) is 0.473. The van der Waals surface area contributed by atoms with Crippen LogP contribution in [0.2, 0.25) is 0 Å². The Morgan fingerprint density at radius 1 is 1.77 bits per heavy atom.